The smallest absolute Gasteiger partial charge is 0.266 e. The monoisotopic (exact) mass is 278 g/mol. The first-order chi connectivity index (χ1) is 6.91. The van der Waals surface area contributed by atoms with Crippen molar-refractivity contribution in [2.45, 2.75) is 6.18 Å². The molecule has 0 aliphatic rings. The molecule has 0 amide bonds. The molecule has 0 N–H and O–H groups in total. The second-order valence-electron chi connectivity index (χ2n) is 3.11. The number of rotatable bonds is 0. The van der Waals surface area contributed by atoms with Crippen LogP contribution in [0.15, 0.2) is 22.7 Å². The molecule has 0 fully saturated rings. The molecule has 0 unspecified atom stereocenters. The van der Waals surface area contributed by atoms with Gasteiger partial charge >= 0.3 is 6.18 Å². The third-order valence-electron chi connectivity index (χ3n) is 2.08. The van der Waals surface area contributed by atoms with Gasteiger partial charge in [0.2, 0.25) is 0 Å². The highest BCUT2D eigenvalue weighted by molar-refractivity contribution is 9.10. The molecule has 1 aromatic carbocycles. The van der Waals surface area contributed by atoms with Crippen molar-refractivity contribution >= 4 is 26.8 Å². The lowest BCUT2D eigenvalue weighted by atomic mass is 10.2. The molecule has 0 radical (unpaired) electrons. The third-order valence-corrected chi connectivity index (χ3v) is 2.72. The van der Waals surface area contributed by atoms with E-state index in [0.29, 0.717) is 9.99 Å². The predicted molar refractivity (Wildman–Crippen MR) is 53.4 cm³/mol. The summed E-state index contributed by atoms with van der Waals surface area (Å²) in [6.07, 6.45) is -4.42. The van der Waals surface area contributed by atoms with Gasteiger partial charge < -0.3 is 0 Å². The summed E-state index contributed by atoms with van der Waals surface area (Å²) in [6.45, 7) is 0. The Morgan fingerprint density at radius 3 is 2.60 bits per heavy atom. The minimum atomic E-state index is -4.42. The zero-order chi connectivity index (χ0) is 11.2. The molecular formula is C9H6BrF3N2. The van der Waals surface area contributed by atoms with Crippen LogP contribution in [0.2, 0.25) is 0 Å². The highest BCUT2D eigenvalue weighted by Crippen LogP contribution is 2.35. The number of aryl methyl sites for hydroxylation is 1. The van der Waals surface area contributed by atoms with Crippen LogP contribution in [0.4, 0.5) is 13.2 Å². The van der Waals surface area contributed by atoms with Gasteiger partial charge in [-0.3, -0.25) is 4.68 Å². The number of nitrogens with zero attached hydrogens (tertiary/aromatic N) is 2. The Bertz CT molecular complexity index is 516. The van der Waals surface area contributed by atoms with Crippen LogP contribution in [0.3, 0.4) is 0 Å². The van der Waals surface area contributed by atoms with E-state index in [-0.39, 0.29) is 5.39 Å². The van der Waals surface area contributed by atoms with E-state index >= 15 is 0 Å². The van der Waals surface area contributed by atoms with E-state index in [2.05, 4.69) is 21.0 Å². The summed E-state index contributed by atoms with van der Waals surface area (Å²) in [4.78, 5) is 0. The lowest BCUT2D eigenvalue weighted by Gasteiger charge is -2.01. The van der Waals surface area contributed by atoms with Crippen molar-refractivity contribution in [3.63, 3.8) is 0 Å². The van der Waals surface area contributed by atoms with Crippen molar-refractivity contribution in [3.8, 4) is 0 Å². The van der Waals surface area contributed by atoms with Crippen LogP contribution in [-0.4, -0.2) is 9.78 Å². The molecule has 80 valence electrons. The molecule has 0 aliphatic carbocycles. The van der Waals surface area contributed by atoms with Crippen molar-refractivity contribution in [2.75, 3.05) is 0 Å². The molecule has 0 aliphatic heterocycles. The van der Waals surface area contributed by atoms with Gasteiger partial charge in [0.15, 0.2) is 5.69 Å². The van der Waals surface area contributed by atoms with Crippen LogP contribution in [0.5, 0.6) is 0 Å². The SMILES string of the molecule is Cn1nc(C(F)(F)F)c2cccc(Br)c21. The Labute approximate surface area is 91.8 Å². The summed E-state index contributed by atoms with van der Waals surface area (Å²) in [5, 5.41) is 3.59. The second-order valence-corrected chi connectivity index (χ2v) is 3.96. The first-order valence-corrected chi connectivity index (χ1v) is 4.89. The van der Waals surface area contributed by atoms with Crippen molar-refractivity contribution in [2.24, 2.45) is 7.05 Å². The fourth-order valence-electron chi connectivity index (χ4n) is 1.50. The number of para-hydroxylation sites is 1. The van der Waals surface area contributed by atoms with Gasteiger partial charge in [0.1, 0.15) is 0 Å². The molecule has 2 nitrogen and oxygen atoms in total. The molecule has 1 heterocycles. The lowest BCUT2D eigenvalue weighted by molar-refractivity contribution is -0.140. The molecular weight excluding hydrogens is 273 g/mol. The molecule has 2 aromatic rings. The van der Waals surface area contributed by atoms with E-state index in [4.69, 9.17) is 0 Å². The van der Waals surface area contributed by atoms with Gasteiger partial charge in [-0.05, 0) is 22.0 Å². The number of fused-ring (bicyclic) bond motifs is 1. The maximum Gasteiger partial charge on any atom is 0.435 e. The van der Waals surface area contributed by atoms with Gasteiger partial charge in [0, 0.05) is 16.9 Å². The largest absolute Gasteiger partial charge is 0.435 e. The number of halogens is 4. The fourth-order valence-corrected chi connectivity index (χ4v) is 2.12. The van der Waals surface area contributed by atoms with Crippen LogP contribution < -0.4 is 0 Å². The number of hydrogen-bond acceptors (Lipinski definition) is 1. The van der Waals surface area contributed by atoms with Gasteiger partial charge in [-0.2, -0.15) is 18.3 Å². The molecule has 0 atom stereocenters. The van der Waals surface area contributed by atoms with Crippen LogP contribution in [-0.2, 0) is 13.2 Å². The quantitative estimate of drug-likeness (QED) is 0.723. The summed E-state index contributed by atoms with van der Waals surface area (Å²) in [7, 11) is 1.49. The molecule has 0 saturated carbocycles. The van der Waals surface area contributed by atoms with Crippen LogP contribution in [0.25, 0.3) is 10.9 Å². The summed E-state index contributed by atoms with van der Waals surface area (Å²) in [6, 6.07) is 4.66. The predicted octanol–water partition coefficient (Wildman–Crippen LogP) is 3.35. The molecule has 2 rings (SSSR count). The topological polar surface area (TPSA) is 17.8 Å². The van der Waals surface area contributed by atoms with E-state index in [0.717, 1.165) is 0 Å². The standard InChI is InChI=1S/C9H6BrF3N2/c1-15-7-5(3-2-4-6(7)10)8(14-15)9(11,12)13/h2-4H,1H3. The number of alkyl halides is 3. The lowest BCUT2D eigenvalue weighted by Crippen LogP contribution is -2.06. The minimum Gasteiger partial charge on any atom is -0.266 e. The van der Waals surface area contributed by atoms with Crippen LogP contribution in [0, 0.1) is 0 Å². The average molecular weight is 279 g/mol. The van der Waals surface area contributed by atoms with Crippen molar-refractivity contribution in [3.05, 3.63) is 28.4 Å². The van der Waals surface area contributed by atoms with Crippen molar-refractivity contribution in [1.29, 1.82) is 0 Å². The van der Waals surface area contributed by atoms with Crippen molar-refractivity contribution in [1.82, 2.24) is 9.78 Å². The third kappa shape index (κ3) is 1.62. The first-order valence-electron chi connectivity index (χ1n) is 4.09. The van der Waals surface area contributed by atoms with E-state index < -0.39 is 11.9 Å². The van der Waals surface area contributed by atoms with Gasteiger partial charge in [-0.25, -0.2) is 0 Å². The number of benzene rings is 1. The van der Waals surface area contributed by atoms with Crippen molar-refractivity contribution < 1.29 is 13.2 Å². The Hall–Kier alpha value is -1.04. The van der Waals surface area contributed by atoms with E-state index in [1.165, 1.54) is 17.8 Å². The van der Waals surface area contributed by atoms with Crippen LogP contribution in [0.1, 0.15) is 5.69 Å². The van der Waals surface area contributed by atoms with Gasteiger partial charge in [0.05, 0.1) is 5.52 Å². The Morgan fingerprint density at radius 2 is 2.00 bits per heavy atom. The second kappa shape index (κ2) is 3.23. The van der Waals surface area contributed by atoms with Gasteiger partial charge in [0.25, 0.3) is 0 Å². The van der Waals surface area contributed by atoms with Gasteiger partial charge in [-0.1, -0.05) is 12.1 Å². The number of hydrogen-bond donors (Lipinski definition) is 0. The molecule has 1 aromatic heterocycles. The zero-order valence-corrected chi connectivity index (χ0v) is 9.22. The molecule has 0 saturated heterocycles. The van der Waals surface area contributed by atoms with Crippen LogP contribution >= 0.6 is 15.9 Å². The summed E-state index contributed by atoms with van der Waals surface area (Å²) >= 11 is 3.20. The summed E-state index contributed by atoms with van der Waals surface area (Å²) in [5.41, 5.74) is -0.397. The Balaban J connectivity index is 2.85. The minimum absolute atomic E-state index is 0.111. The summed E-state index contributed by atoms with van der Waals surface area (Å²) < 4.78 is 39.5. The maximum atomic E-state index is 12.6. The molecule has 0 bridgehead atoms. The maximum absolute atomic E-state index is 12.6. The van der Waals surface area contributed by atoms with E-state index in [9.17, 15) is 13.2 Å². The Kier molecular flexibility index (Phi) is 2.26. The summed E-state index contributed by atoms with van der Waals surface area (Å²) in [5.74, 6) is 0. The normalized spacial score (nSPS) is 12.3. The highest BCUT2D eigenvalue weighted by atomic mass is 79.9. The highest BCUT2D eigenvalue weighted by Gasteiger charge is 2.36. The fraction of sp³-hybridized carbons (Fsp3) is 0.222. The van der Waals surface area contributed by atoms with Gasteiger partial charge in [-0.15, -0.1) is 0 Å². The number of aromatic nitrogens is 2. The Morgan fingerprint density at radius 1 is 1.33 bits per heavy atom. The average Bonchev–Trinajstić information content (AvgIpc) is 2.44. The molecule has 0 spiro atoms. The van der Waals surface area contributed by atoms with E-state index in [1.54, 1.807) is 12.1 Å². The zero-order valence-electron chi connectivity index (χ0n) is 7.64. The molecule has 15 heavy (non-hydrogen) atoms. The first kappa shape index (κ1) is 10.5. The van der Waals surface area contributed by atoms with E-state index in [1.807, 2.05) is 0 Å². The molecule has 6 heteroatoms.